The summed E-state index contributed by atoms with van der Waals surface area (Å²) >= 11 is 1.77. The van der Waals surface area contributed by atoms with E-state index in [2.05, 4.69) is 57.9 Å². The van der Waals surface area contributed by atoms with E-state index in [1.807, 2.05) is 32.6 Å². The number of carbonyl (C=O) groups is 1. The zero-order valence-electron chi connectivity index (χ0n) is 27.1. The van der Waals surface area contributed by atoms with Crippen LogP contribution in [0.4, 0.5) is 4.79 Å². The van der Waals surface area contributed by atoms with Crippen LogP contribution in [0.5, 0.6) is 0 Å². The number of aryl methyl sites for hydroxylation is 2. The minimum atomic E-state index is -0.450. The van der Waals surface area contributed by atoms with Crippen LogP contribution in [0.25, 0.3) is 5.00 Å². The van der Waals surface area contributed by atoms with Crippen LogP contribution in [0.1, 0.15) is 97.2 Å². The number of rotatable bonds is 5. The number of amides is 1. The van der Waals surface area contributed by atoms with Crippen molar-refractivity contribution in [2.24, 2.45) is 16.3 Å². The molecule has 0 radical (unpaired) electrons. The van der Waals surface area contributed by atoms with Gasteiger partial charge in [-0.2, -0.15) is 0 Å². The summed E-state index contributed by atoms with van der Waals surface area (Å²) in [6, 6.07) is 8.76. The van der Waals surface area contributed by atoms with E-state index in [0.717, 1.165) is 65.8 Å². The predicted molar refractivity (Wildman–Crippen MR) is 174 cm³/mol. The van der Waals surface area contributed by atoms with E-state index in [9.17, 15) is 4.79 Å². The third-order valence-corrected chi connectivity index (χ3v) is 11.0. The molecule has 10 heteroatoms. The largest absolute Gasteiger partial charge is 0.449 e. The number of carbonyl (C=O) groups excluding carboxylic acids is 1. The van der Waals surface area contributed by atoms with Crippen LogP contribution in [0, 0.1) is 32.1 Å². The number of hydrogen-bond acceptors (Lipinski definition) is 8. The molecule has 1 aliphatic carbocycles. The molecular formula is C35H42N6O3S. The quantitative estimate of drug-likeness (QED) is 0.230. The van der Waals surface area contributed by atoms with Gasteiger partial charge in [0.05, 0.1) is 18.3 Å². The van der Waals surface area contributed by atoms with Crippen molar-refractivity contribution < 1.29 is 13.9 Å². The Bertz CT molecular complexity index is 1730. The summed E-state index contributed by atoms with van der Waals surface area (Å²) in [4.78, 5) is 25.4. The fourth-order valence-electron chi connectivity index (χ4n) is 7.38. The molecule has 1 saturated heterocycles. The molecule has 236 valence electrons. The van der Waals surface area contributed by atoms with Gasteiger partial charge in [0.2, 0.25) is 0 Å². The number of ether oxygens (including phenoxy) is 1. The lowest BCUT2D eigenvalue weighted by Gasteiger charge is -2.52. The van der Waals surface area contributed by atoms with Crippen molar-refractivity contribution in [2.75, 3.05) is 13.1 Å². The molecule has 1 saturated carbocycles. The Morgan fingerprint density at radius 2 is 1.80 bits per heavy atom. The third-order valence-electron chi connectivity index (χ3n) is 9.76. The molecule has 45 heavy (non-hydrogen) atoms. The van der Waals surface area contributed by atoms with Crippen LogP contribution >= 0.6 is 11.3 Å². The number of likely N-dealkylation sites (tertiary alicyclic amines) is 1. The number of fused-ring (bicyclic) bond motifs is 3. The second-order valence-electron chi connectivity index (χ2n) is 14.2. The lowest BCUT2D eigenvalue weighted by atomic mass is 9.56. The summed E-state index contributed by atoms with van der Waals surface area (Å²) in [5.41, 5.74) is 5.79. The molecule has 1 spiro atoms. The van der Waals surface area contributed by atoms with Gasteiger partial charge < -0.3 is 14.1 Å². The predicted octanol–water partition coefficient (Wildman–Crippen LogP) is 7.35. The van der Waals surface area contributed by atoms with Crippen molar-refractivity contribution in [3.8, 4) is 5.00 Å². The average molecular weight is 627 g/mol. The molecule has 0 unspecified atom stereocenters. The highest BCUT2D eigenvalue weighted by Gasteiger charge is 2.46. The van der Waals surface area contributed by atoms with E-state index in [1.165, 1.54) is 28.8 Å². The number of aromatic nitrogens is 4. The summed E-state index contributed by atoms with van der Waals surface area (Å²) in [7, 11) is 0. The Balaban J connectivity index is 1.07. The summed E-state index contributed by atoms with van der Waals surface area (Å²) in [6.45, 7) is 13.7. The third kappa shape index (κ3) is 5.73. The Labute approximate surface area is 268 Å². The van der Waals surface area contributed by atoms with E-state index >= 15 is 0 Å². The summed E-state index contributed by atoms with van der Waals surface area (Å²) < 4.78 is 13.4. The minimum absolute atomic E-state index is 0.174. The van der Waals surface area contributed by atoms with Gasteiger partial charge in [-0.25, -0.2) is 9.78 Å². The number of oxazole rings is 1. The summed E-state index contributed by atoms with van der Waals surface area (Å²) in [5, 5.41) is 10.1. The van der Waals surface area contributed by atoms with Gasteiger partial charge >= 0.3 is 6.09 Å². The van der Waals surface area contributed by atoms with Gasteiger partial charge in [0.15, 0.2) is 11.7 Å². The maximum absolute atomic E-state index is 12.5. The number of nitrogens with zero attached hydrogens (tertiary/aromatic N) is 6. The monoisotopic (exact) mass is 626 g/mol. The zero-order valence-corrected chi connectivity index (χ0v) is 27.9. The molecule has 9 nitrogen and oxygen atoms in total. The molecule has 1 atom stereocenters. The lowest BCUT2D eigenvalue weighted by molar-refractivity contribution is -0.0269. The first kappa shape index (κ1) is 29.9. The van der Waals surface area contributed by atoms with Gasteiger partial charge in [-0.15, -0.1) is 21.5 Å². The highest BCUT2D eigenvalue weighted by atomic mass is 32.1. The molecule has 0 bridgehead atoms. The summed E-state index contributed by atoms with van der Waals surface area (Å²) in [5.74, 6) is 2.99. The molecule has 2 fully saturated rings. The highest BCUT2D eigenvalue weighted by molar-refractivity contribution is 7.15. The van der Waals surface area contributed by atoms with Gasteiger partial charge in [0, 0.05) is 29.1 Å². The van der Waals surface area contributed by atoms with Crippen molar-refractivity contribution in [1.82, 2.24) is 24.6 Å². The first-order chi connectivity index (χ1) is 21.5. The number of thiophene rings is 1. The Hall–Kier alpha value is -3.79. The topological polar surface area (TPSA) is 98.6 Å². The molecule has 3 aromatic heterocycles. The van der Waals surface area contributed by atoms with E-state index in [0.29, 0.717) is 23.6 Å². The van der Waals surface area contributed by atoms with Gasteiger partial charge in [-0.3, -0.25) is 9.56 Å². The molecule has 7 rings (SSSR count). The molecule has 4 aromatic rings. The van der Waals surface area contributed by atoms with Gasteiger partial charge in [-0.1, -0.05) is 24.3 Å². The van der Waals surface area contributed by atoms with E-state index < -0.39 is 5.60 Å². The minimum Gasteiger partial charge on any atom is -0.449 e. The SMILES string of the molecule is Cc1sc2c(c1C)C(c1ccc(CC3CC4(CCN(C(=O)OC(C)(C)C)CC4)C3)cc1)=N[C@@H](Cc1ncco1)c1nnc(C)n1-2. The first-order valence-electron chi connectivity index (χ1n) is 16.0. The van der Waals surface area contributed by atoms with Crippen LogP contribution in [0.3, 0.4) is 0 Å². The van der Waals surface area contributed by atoms with Gasteiger partial charge in [-0.05, 0) is 96.1 Å². The van der Waals surface area contributed by atoms with E-state index in [1.54, 1.807) is 23.8 Å². The smallest absolute Gasteiger partial charge is 0.410 e. The van der Waals surface area contributed by atoms with Crippen molar-refractivity contribution in [3.63, 3.8) is 0 Å². The van der Waals surface area contributed by atoms with Gasteiger partial charge in [0.25, 0.3) is 0 Å². The second kappa shape index (κ2) is 11.2. The number of aliphatic imine (C=N–C) groups is 1. The number of benzene rings is 1. The molecule has 0 N–H and O–H groups in total. The van der Waals surface area contributed by atoms with E-state index in [4.69, 9.17) is 14.1 Å². The number of hydrogen-bond donors (Lipinski definition) is 0. The first-order valence-corrected chi connectivity index (χ1v) is 16.9. The maximum Gasteiger partial charge on any atom is 0.410 e. The molecule has 5 heterocycles. The fraction of sp³-hybridized carbons (Fsp3) is 0.514. The normalized spacial score (nSPS) is 19.5. The lowest BCUT2D eigenvalue weighted by Crippen LogP contribution is -2.50. The summed E-state index contributed by atoms with van der Waals surface area (Å²) in [6.07, 6.45) is 9.32. The maximum atomic E-state index is 12.5. The van der Waals surface area contributed by atoms with Crippen molar-refractivity contribution in [2.45, 2.75) is 91.7 Å². The second-order valence-corrected chi connectivity index (χ2v) is 15.4. The zero-order chi connectivity index (χ0) is 31.5. The fourth-order valence-corrected chi connectivity index (χ4v) is 8.60. The van der Waals surface area contributed by atoms with Crippen LogP contribution in [-0.4, -0.2) is 55.1 Å². The molecule has 1 amide bonds. The molecule has 1 aromatic carbocycles. The van der Waals surface area contributed by atoms with Crippen molar-refractivity contribution in [3.05, 3.63) is 81.4 Å². The standard InChI is InChI=1S/C35H42N6O3S/c1-21-22(2)45-32-29(21)30(37-27(18-28-36-13-16-43-28)31-39-38-23(3)41(31)32)26-9-7-24(8-10-26)17-25-19-35(20-25)11-14-40(15-12-35)33(42)44-34(4,5)6/h7-10,13,16,25,27H,11-12,14-15,17-20H2,1-6H3/t27-/m0/s1. The van der Waals surface area contributed by atoms with Crippen LogP contribution in [0.2, 0.25) is 0 Å². The highest BCUT2D eigenvalue weighted by Crippen LogP contribution is 2.53. The molecule has 2 aliphatic heterocycles. The van der Waals surface area contributed by atoms with Crippen molar-refractivity contribution in [1.29, 1.82) is 0 Å². The molecular weight excluding hydrogens is 584 g/mol. The Morgan fingerprint density at radius 1 is 1.07 bits per heavy atom. The Morgan fingerprint density at radius 3 is 2.47 bits per heavy atom. The van der Waals surface area contributed by atoms with Crippen LogP contribution in [-0.2, 0) is 17.6 Å². The van der Waals surface area contributed by atoms with Crippen LogP contribution in [0.15, 0.2) is 46.1 Å². The van der Waals surface area contributed by atoms with Crippen molar-refractivity contribution >= 4 is 23.1 Å². The number of piperidine rings is 1. The molecule has 3 aliphatic rings. The average Bonchev–Trinajstić information content (AvgIpc) is 3.68. The van der Waals surface area contributed by atoms with Crippen LogP contribution < -0.4 is 0 Å². The Kier molecular flexibility index (Phi) is 7.46. The van der Waals surface area contributed by atoms with Gasteiger partial charge in [0.1, 0.15) is 28.7 Å². The van der Waals surface area contributed by atoms with E-state index in [-0.39, 0.29) is 12.1 Å².